The molecular weight excluding hydrogens is 400 g/mol. The van der Waals surface area contributed by atoms with Crippen LogP contribution >= 0.6 is 0 Å². The van der Waals surface area contributed by atoms with Gasteiger partial charge in [-0.2, -0.15) is 5.10 Å². The van der Waals surface area contributed by atoms with Crippen molar-refractivity contribution in [2.45, 2.75) is 25.9 Å². The SMILES string of the molecule is CC1CN(C(=O)C(=O)Nc2ccn(CC(F)F)n2)CCN1c1nccn2cnnc12. The Hall–Kier alpha value is -3.64. The predicted octanol–water partition coefficient (Wildman–Crippen LogP) is 0.262. The quantitative estimate of drug-likeness (QED) is 0.604. The van der Waals surface area contributed by atoms with Crippen LogP contribution in [-0.2, 0) is 16.1 Å². The molecule has 0 bridgehead atoms. The molecular formula is C17H19F2N9O2. The summed E-state index contributed by atoms with van der Waals surface area (Å²) in [6, 6.07) is 1.25. The third-order valence-electron chi connectivity index (χ3n) is 4.79. The van der Waals surface area contributed by atoms with E-state index in [4.69, 9.17) is 0 Å². The fourth-order valence-electron chi connectivity index (χ4n) is 3.39. The minimum absolute atomic E-state index is 0.0448. The topological polar surface area (TPSA) is 114 Å². The lowest BCUT2D eigenvalue weighted by Gasteiger charge is -2.40. The molecule has 2 amide bonds. The van der Waals surface area contributed by atoms with Crippen molar-refractivity contribution in [2.75, 3.05) is 29.9 Å². The number of nitrogens with zero attached hydrogens (tertiary/aromatic N) is 8. The lowest BCUT2D eigenvalue weighted by molar-refractivity contribution is -0.143. The molecule has 1 atom stereocenters. The van der Waals surface area contributed by atoms with Crippen molar-refractivity contribution in [1.29, 1.82) is 0 Å². The molecule has 4 rings (SSSR count). The molecule has 0 spiro atoms. The van der Waals surface area contributed by atoms with Crippen molar-refractivity contribution >= 4 is 29.1 Å². The molecule has 0 aromatic carbocycles. The van der Waals surface area contributed by atoms with E-state index in [1.54, 1.807) is 23.1 Å². The van der Waals surface area contributed by atoms with Crippen molar-refractivity contribution < 1.29 is 18.4 Å². The lowest BCUT2D eigenvalue weighted by Crippen LogP contribution is -2.56. The fourth-order valence-corrected chi connectivity index (χ4v) is 3.39. The highest BCUT2D eigenvalue weighted by molar-refractivity contribution is 6.39. The van der Waals surface area contributed by atoms with Gasteiger partial charge in [-0.25, -0.2) is 13.8 Å². The number of rotatable bonds is 4. The summed E-state index contributed by atoms with van der Waals surface area (Å²) in [5.41, 5.74) is 0.612. The van der Waals surface area contributed by atoms with Crippen LogP contribution in [0.3, 0.4) is 0 Å². The van der Waals surface area contributed by atoms with Crippen molar-refractivity contribution in [3.05, 3.63) is 31.0 Å². The second-order valence-electron chi connectivity index (χ2n) is 6.87. The molecule has 30 heavy (non-hydrogen) atoms. The van der Waals surface area contributed by atoms with E-state index < -0.39 is 24.8 Å². The number of nitrogens with one attached hydrogen (secondary N) is 1. The van der Waals surface area contributed by atoms with Gasteiger partial charge in [-0.1, -0.05) is 0 Å². The Kier molecular flexibility index (Phi) is 5.25. The van der Waals surface area contributed by atoms with Gasteiger partial charge >= 0.3 is 11.8 Å². The zero-order valence-electron chi connectivity index (χ0n) is 16.0. The molecule has 1 unspecified atom stereocenters. The van der Waals surface area contributed by atoms with Gasteiger partial charge in [-0.3, -0.25) is 18.7 Å². The molecule has 1 fully saturated rings. The van der Waals surface area contributed by atoms with Gasteiger partial charge in [0.05, 0.1) is 0 Å². The summed E-state index contributed by atoms with van der Waals surface area (Å²) in [6.07, 6.45) is 3.72. The molecule has 1 saturated heterocycles. The van der Waals surface area contributed by atoms with Crippen molar-refractivity contribution in [3.8, 4) is 0 Å². The molecule has 0 aliphatic carbocycles. The summed E-state index contributed by atoms with van der Waals surface area (Å²) in [4.78, 5) is 32.7. The first-order chi connectivity index (χ1) is 14.4. The molecule has 1 N–H and O–H groups in total. The van der Waals surface area contributed by atoms with Crippen LogP contribution in [0.25, 0.3) is 5.65 Å². The Bertz CT molecular complexity index is 1070. The van der Waals surface area contributed by atoms with Gasteiger partial charge in [0.2, 0.25) is 5.65 Å². The molecule has 0 radical (unpaired) electrons. The molecule has 3 aromatic rings. The van der Waals surface area contributed by atoms with Crippen molar-refractivity contribution in [2.24, 2.45) is 0 Å². The normalized spacial score (nSPS) is 17.0. The minimum atomic E-state index is -2.56. The van der Waals surface area contributed by atoms with Gasteiger partial charge in [0.15, 0.2) is 11.6 Å². The third-order valence-corrected chi connectivity index (χ3v) is 4.79. The monoisotopic (exact) mass is 419 g/mol. The van der Waals surface area contributed by atoms with E-state index in [0.717, 1.165) is 4.68 Å². The van der Waals surface area contributed by atoms with Gasteiger partial charge in [-0.15, -0.1) is 10.2 Å². The molecule has 158 valence electrons. The standard InChI is InChI=1S/C17H19F2N9O2/c1-11-8-25(6-7-28(11)14-15-23-21-10-26(15)5-3-20-14)17(30)16(29)22-13-2-4-27(24-13)9-12(18)19/h2-5,10-12H,6-9H2,1H3,(H,22,24,29). The number of carbonyl (C=O) groups excluding carboxylic acids is 2. The van der Waals surface area contributed by atoms with Crippen LogP contribution in [0.15, 0.2) is 31.0 Å². The number of piperazine rings is 1. The van der Waals surface area contributed by atoms with Crippen LogP contribution in [0.1, 0.15) is 6.92 Å². The number of halogens is 2. The van der Waals surface area contributed by atoms with E-state index in [1.807, 2.05) is 11.8 Å². The summed E-state index contributed by atoms with van der Waals surface area (Å²) in [7, 11) is 0. The molecule has 0 saturated carbocycles. The zero-order valence-corrected chi connectivity index (χ0v) is 16.0. The van der Waals surface area contributed by atoms with Crippen LogP contribution < -0.4 is 10.2 Å². The molecule has 13 heteroatoms. The maximum Gasteiger partial charge on any atom is 0.315 e. The van der Waals surface area contributed by atoms with Crippen LogP contribution in [0, 0.1) is 0 Å². The first-order valence-corrected chi connectivity index (χ1v) is 9.25. The Balaban J connectivity index is 1.39. The fraction of sp³-hybridized carbons (Fsp3) is 0.412. The zero-order chi connectivity index (χ0) is 21.3. The second-order valence-corrected chi connectivity index (χ2v) is 6.87. The van der Waals surface area contributed by atoms with Gasteiger partial charge in [0.25, 0.3) is 6.43 Å². The van der Waals surface area contributed by atoms with Gasteiger partial charge < -0.3 is 15.1 Å². The van der Waals surface area contributed by atoms with Crippen LogP contribution in [0.4, 0.5) is 20.4 Å². The first kappa shape index (κ1) is 19.7. The number of carbonyl (C=O) groups is 2. The predicted molar refractivity (Wildman–Crippen MR) is 101 cm³/mol. The van der Waals surface area contributed by atoms with E-state index in [-0.39, 0.29) is 11.9 Å². The number of alkyl halides is 2. The van der Waals surface area contributed by atoms with Crippen LogP contribution in [-0.4, -0.2) is 78.2 Å². The molecule has 4 heterocycles. The Morgan fingerprint density at radius 2 is 2.13 bits per heavy atom. The van der Waals surface area contributed by atoms with Crippen molar-refractivity contribution in [1.82, 2.24) is 34.3 Å². The highest BCUT2D eigenvalue weighted by atomic mass is 19.3. The minimum Gasteiger partial charge on any atom is -0.347 e. The van der Waals surface area contributed by atoms with E-state index in [0.29, 0.717) is 31.1 Å². The summed E-state index contributed by atoms with van der Waals surface area (Å²) < 4.78 is 27.6. The van der Waals surface area contributed by atoms with Gasteiger partial charge in [0.1, 0.15) is 12.9 Å². The van der Waals surface area contributed by atoms with Crippen LogP contribution in [0.5, 0.6) is 0 Å². The highest BCUT2D eigenvalue weighted by Gasteiger charge is 2.32. The number of hydrogen-bond acceptors (Lipinski definition) is 7. The molecule has 11 nitrogen and oxygen atoms in total. The number of fused-ring (bicyclic) bond motifs is 1. The maximum atomic E-state index is 12.5. The molecule has 3 aromatic heterocycles. The third kappa shape index (κ3) is 3.90. The number of anilines is 2. The average Bonchev–Trinajstić information content (AvgIpc) is 3.36. The number of hydrogen-bond donors (Lipinski definition) is 1. The summed E-state index contributed by atoms with van der Waals surface area (Å²) in [5.74, 6) is -0.874. The number of aromatic nitrogens is 6. The molecule has 1 aliphatic heterocycles. The van der Waals surface area contributed by atoms with E-state index in [2.05, 4.69) is 25.6 Å². The summed E-state index contributed by atoms with van der Waals surface area (Å²) in [6.45, 7) is 2.42. The second kappa shape index (κ2) is 8.00. The van der Waals surface area contributed by atoms with E-state index >= 15 is 0 Å². The van der Waals surface area contributed by atoms with E-state index in [1.165, 1.54) is 17.2 Å². The smallest absolute Gasteiger partial charge is 0.315 e. The number of amides is 2. The average molecular weight is 419 g/mol. The van der Waals surface area contributed by atoms with E-state index in [9.17, 15) is 18.4 Å². The lowest BCUT2D eigenvalue weighted by atomic mass is 10.2. The Morgan fingerprint density at radius 3 is 2.90 bits per heavy atom. The Labute approximate surface area is 169 Å². The Morgan fingerprint density at radius 1 is 1.30 bits per heavy atom. The maximum absolute atomic E-state index is 12.5. The highest BCUT2D eigenvalue weighted by Crippen LogP contribution is 2.22. The molecule has 1 aliphatic rings. The summed E-state index contributed by atoms with van der Waals surface area (Å²) >= 11 is 0. The van der Waals surface area contributed by atoms with Gasteiger partial charge in [0, 0.05) is 50.3 Å². The van der Waals surface area contributed by atoms with Crippen molar-refractivity contribution in [3.63, 3.8) is 0 Å². The largest absolute Gasteiger partial charge is 0.347 e. The van der Waals surface area contributed by atoms with Crippen LogP contribution in [0.2, 0.25) is 0 Å². The first-order valence-electron chi connectivity index (χ1n) is 9.25. The summed E-state index contributed by atoms with van der Waals surface area (Å²) in [5, 5.41) is 14.1. The van der Waals surface area contributed by atoms with Gasteiger partial charge in [-0.05, 0) is 6.92 Å².